The first-order chi connectivity index (χ1) is 10.2. The number of ether oxygens (including phenoxy) is 1. The molecule has 0 fully saturated rings. The fourth-order valence-electron chi connectivity index (χ4n) is 1.93. The van der Waals surface area contributed by atoms with Crippen molar-refractivity contribution in [2.45, 2.75) is 12.8 Å². The van der Waals surface area contributed by atoms with Crippen LogP contribution in [0.3, 0.4) is 0 Å². The minimum atomic E-state index is -1.15. The van der Waals surface area contributed by atoms with E-state index < -0.39 is 17.9 Å². The van der Waals surface area contributed by atoms with Crippen LogP contribution in [0.15, 0.2) is 47.2 Å². The summed E-state index contributed by atoms with van der Waals surface area (Å²) in [5.74, 6) is -2.97. The molecule has 0 saturated carbocycles. The van der Waals surface area contributed by atoms with Gasteiger partial charge in [-0.2, -0.15) is 11.3 Å². The number of carbonyl (C=O) groups excluding carboxylic acids is 1. The lowest BCUT2D eigenvalue weighted by Gasteiger charge is -2.11. The van der Waals surface area contributed by atoms with Gasteiger partial charge in [0.1, 0.15) is 0 Å². The SMILES string of the molecule is O=C(O)C(Cc1ccsc1)C(=O)OCCc1ccccc1. The van der Waals surface area contributed by atoms with Gasteiger partial charge < -0.3 is 9.84 Å². The highest BCUT2D eigenvalue weighted by atomic mass is 32.1. The van der Waals surface area contributed by atoms with Crippen LogP contribution in [-0.4, -0.2) is 23.7 Å². The van der Waals surface area contributed by atoms with E-state index >= 15 is 0 Å². The largest absolute Gasteiger partial charge is 0.481 e. The van der Waals surface area contributed by atoms with E-state index in [2.05, 4.69) is 0 Å². The van der Waals surface area contributed by atoms with Gasteiger partial charge in [-0.3, -0.25) is 9.59 Å². The molecule has 0 aliphatic rings. The quantitative estimate of drug-likeness (QED) is 0.631. The number of thiophene rings is 1. The highest BCUT2D eigenvalue weighted by Gasteiger charge is 2.28. The van der Waals surface area contributed by atoms with Crippen LogP contribution in [0.4, 0.5) is 0 Å². The normalized spacial score (nSPS) is 11.8. The van der Waals surface area contributed by atoms with E-state index in [-0.39, 0.29) is 13.0 Å². The lowest BCUT2D eigenvalue weighted by Crippen LogP contribution is -2.28. The van der Waals surface area contributed by atoms with Crippen LogP contribution in [0.5, 0.6) is 0 Å². The lowest BCUT2D eigenvalue weighted by molar-refractivity contribution is -0.158. The predicted octanol–water partition coefficient (Wildman–Crippen LogP) is 2.78. The van der Waals surface area contributed by atoms with Crippen LogP contribution in [0.1, 0.15) is 11.1 Å². The van der Waals surface area contributed by atoms with Gasteiger partial charge in [-0.25, -0.2) is 0 Å². The number of carboxylic acids is 1. The zero-order valence-corrected chi connectivity index (χ0v) is 12.2. The Balaban J connectivity index is 1.85. The van der Waals surface area contributed by atoms with Gasteiger partial charge in [-0.05, 0) is 34.4 Å². The van der Waals surface area contributed by atoms with E-state index in [1.165, 1.54) is 11.3 Å². The van der Waals surface area contributed by atoms with E-state index in [0.717, 1.165) is 11.1 Å². The molecule has 1 aromatic heterocycles. The number of hydrogen-bond acceptors (Lipinski definition) is 4. The second-order valence-electron chi connectivity index (χ2n) is 4.63. The van der Waals surface area contributed by atoms with E-state index in [4.69, 9.17) is 9.84 Å². The molecule has 0 radical (unpaired) electrons. The minimum absolute atomic E-state index is 0.170. The van der Waals surface area contributed by atoms with Crippen molar-refractivity contribution in [2.24, 2.45) is 5.92 Å². The summed E-state index contributed by atoms with van der Waals surface area (Å²) in [6.45, 7) is 0.191. The van der Waals surface area contributed by atoms with E-state index in [0.29, 0.717) is 6.42 Å². The molecule has 2 aromatic rings. The molecule has 21 heavy (non-hydrogen) atoms. The summed E-state index contributed by atoms with van der Waals surface area (Å²) in [7, 11) is 0. The second kappa shape index (κ2) is 7.59. The molecule has 4 nitrogen and oxygen atoms in total. The van der Waals surface area contributed by atoms with E-state index in [1.807, 2.05) is 47.2 Å². The smallest absolute Gasteiger partial charge is 0.320 e. The monoisotopic (exact) mass is 304 g/mol. The van der Waals surface area contributed by atoms with Crippen molar-refractivity contribution >= 4 is 23.3 Å². The first-order valence-electron chi connectivity index (χ1n) is 6.61. The molecule has 1 atom stereocenters. The highest BCUT2D eigenvalue weighted by molar-refractivity contribution is 7.07. The summed E-state index contributed by atoms with van der Waals surface area (Å²) in [5.41, 5.74) is 1.89. The van der Waals surface area contributed by atoms with Crippen LogP contribution < -0.4 is 0 Å². The maximum absolute atomic E-state index is 11.9. The molecule has 0 saturated heterocycles. The van der Waals surface area contributed by atoms with Gasteiger partial charge in [0, 0.05) is 6.42 Å². The van der Waals surface area contributed by atoms with Crippen LogP contribution in [0.25, 0.3) is 0 Å². The summed E-state index contributed by atoms with van der Waals surface area (Å²) in [5, 5.41) is 12.9. The molecule has 0 amide bonds. The van der Waals surface area contributed by atoms with Gasteiger partial charge in [0.05, 0.1) is 6.61 Å². The summed E-state index contributed by atoms with van der Waals surface area (Å²) in [6, 6.07) is 11.4. The third kappa shape index (κ3) is 4.72. The van der Waals surface area contributed by atoms with Crippen molar-refractivity contribution in [3.8, 4) is 0 Å². The summed E-state index contributed by atoms with van der Waals surface area (Å²) < 4.78 is 5.10. The number of carbonyl (C=O) groups is 2. The average molecular weight is 304 g/mol. The lowest BCUT2D eigenvalue weighted by atomic mass is 10.0. The highest BCUT2D eigenvalue weighted by Crippen LogP contribution is 2.14. The third-order valence-corrected chi connectivity index (χ3v) is 3.81. The molecule has 5 heteroatoms. The van der Waals surface area contributed by atoms with Gasteiger partial charge in [0.25, 0.3) is 0 Å². The van der Waals surface area contributed by atoms with Crippen molar-refractivity contribution in [3.63, 3.8) is 0 Å². The third-order valence-electron chi connectivity index (χ3n) is 3.08. The van der Waals surface area contributed by atoms with Crippen molar-refractivity contribution in [3.05, 3.63) is 58.3 Å². The van der Waals surface area contributed by atoms with Gasteiger partial charge in [0.15, 0.2) is 5.92 Å². The average Bonchev–Trinajstić information content (AvgIpc) is 2.98. The van der Waals surface area contributed by atoms with Gasteiger partial charge >= 0.3 is 11.9 Å². The van der Waals surface area contributed by atoms with Crippen molar-refractivity contribution in [1.82, 2.24) is 0 Å². The summed E-state index contributed by atoms with van der Waals surface area (Å²) in [4.78, 5) is 23.1. The zero-order chi connectivity index (χ0) is 15.1. The number of carboxylic acid groups (broad SMARTS) is 1. The minimum Gasteiger partial charge on any atom is -0.481 e. The molecule has 0 aliphatic heterocycles. The maximum atomic E-state index is 11.9. The summed E-state index contributed by atoms with van der Waals surface area (Å²) >= 11 is 1.48. The van der Waals surface area contributed by atoms with Gasteiger partial charge in [0.2, 0.25) is 0 Å². The Morgan fingerprint density at radius 2 is 1.90 bits per heavy atom. The van der Waals surface area contributed by atoms with Crippen LogP contribution in [0.2, 0.25) is 0 Å². The molecule has 2 rings (SSSR count). The molecule has 1 unspecified atom stereocenters. The fraction of sp³-hybridized carbons (Fsp3) is 0.250. The summed E-state index contributed by atoms with van der Waals surface area (Å²) in [6.07, 6.45) is 0.750. The number of aliphatic carboxylic acids is 1. The first kappa shape index (κ1) is 15.3. The van der Waals surface area contributed by atoms with Crippen LogP contribution >= 0.6 is 11.3 Å². The number of esters is 1. The Morgan fingerprint density at radius 3 is 2.52 bits per heavy atom. The van der Waals surface area contributed by atoms with Crippen molar-refractivity contribution in [2.75, 3.05) is 6.61 Å². The fourth-order valence-corrected chi connectivity index (χ4v) is 2.61. The molecular weight excluding hydrogens is 288 g/mol. The Hall–Kier alpha value is -2.14. The maximum Gasteiger partial charge on any atom is 0.320 e. The van der Waals surface area contributed by atoms with Crippen LogP contribution in [0, 0.1) is 5.92 Å². The van der Waals surface area contributed by atoms with E-state index in [9.17, 15) is 9.59 Å². The van der Waals surface area contributed by atoms with Crippen molar-refractivity contribution < 1.29 is 19.4 Å². The molecule has 0 aliphatic carbocycles. The molecule has 1 heterocycles. The number of benzene rings is 1. The Morgan fingerprint density at radius 1 is 1.14 bits per heavy atom. The Bertz CT molecular complexity index is 578. The number of rotatable bonds is 7. The Kier molecular flexibility index (Phi) is 5.51. The molecule has 0 bridgehead atoms. The molecule has 1 aromatic carbocycles. The van der Waals surface area contributed by atoms with Crippen molar-refractivity contribution in [1.29, 1.82) is 0 Å². The second-order valence-corrected chi connectivity index (χ2v) is 5.41. The predicted molar refractivity (Wildman–Crippen MR) is 80.3 cm³/mol. The van der Waals surface area contributed by atoms with E-state index in [1.54, 1.807) is 0 Å². The van der Waals surface area contributed by atoms with Gasteiger partial charge in [-0.1, -0.05) is 30.3 Å². The van der Waals surface area contributed by atoms with Crippen LogP contribution in [-0.2, 0) is 27.2 Å². The molecule has 110 valence electrons. The molecule has 1 N–H and O–H groups in total. The molecular formula is C16H16O4S. The first-order valence-corrected chi connectivity index (χ1v) is 7.55. The number of hydrogen-bond donors (Lipinski definition) is 1. The van der Waals surface area contributed by atoms with Gasteiger partial charge in [-0.15, -0.1) is 0 Å². The molecule has 0 spiro atoms. The topological polar surface area (TPSA) is 63.6 Å². The zero-order valence-electron chi connectivity index (χ0n) is 11.4. The Labute approximate surface area is 127 Å². The standard InChI is InChI=1S/C16H16O4S/c17-15(18)14(10-13-7-9-21-11-13)16(19)20-8-6-12-4-2-1-3-5-12/h1-5,7,9,11,14H,6,8,10H2,(H,17,18).